The monoisotopic (exact) mass is 246 g/mol. The highest BCUT2D eigenvalue weighted by Gasteiger charge is 2.36. The van der Waals surface area contributed by atoms with E-state index in [1.165, 1.54) is 32.1 Å². The Kier molecular flexibility index (Phi) is 3.20. The maximum atomic E-state index is 5.67. The first-order valence-electron chi connectivity index (χ1n) is 7.09. The third-order valence-corrected chi connectivity index (χ3v) is 4.54. The molecule has 1 aromatic rings. The summed E-state index contributed by atoms with van der Waals surface area (Å²) in [6, 6.07) is 0.682. The van der Waals surface area contributed by atoms with E-state index in [0.29, 0.717) is 12.6 Å². The fourth-order valence-electron chi connectivity index (χ4n) is 3.52. The van der Waals surface area contributed by atoms with Gasteiger partial charge in [-0.3, -0.25) is 0 Å². The van der Waals surface area contributed by atoms with Gasteiger partial charge in [0.25, 0.3) is 0 Å². The van der Waals surface area contributed by atoms with Crippen molar-refractivity contribution in [1.29, 1.82) is 0 Å². The number of aryl methyl sites for hydroxylation is 1. The average Bonchev–Trinajstić information content (AvgIpc) is 2.86. The van der Waals surface area contributed by atoms with Gasteiger partial charge in [0.1, 0.15) is 0 Å². The topological polar surface area (TPSA) is 55.0 Å². The molecule has 2 N–H and O–H groups in total. The lowest BCUT2D eigenvalue weighted by Crippen LogP contribution is -2.43. The molecule has 0 aromatic carbocycles. The Morgan fingerprint density at radius 3 is 2.94 bits per heavy atom. The van der Waals surface area contributed by atoms with Gasteiger partial charge in [0.05, 0.1) is 0 Å². The molecule has 2 atom stereocenters. The van der Waals surface area contributed by atoms with Crippen LogP contribution >= 0.6 is 0 Å². The van der Waals surface area contributed by atoms with E-state index in [0.717, 1.165) is 29.7 Å². The molecule has 2 aliphatic rings. The van der Waals surface area contributed by atoms with Crippen molar-refractivity contribution in [2.24, 2.45) is 11.7 Å². The highest BCUT2D eigenvalue weighted by atomic mass is 15.3. The second-order valence-corrected chi connectivity index (χ2v) is 5.58. The number of hydrogen-bond donors (Lipinski definition) is 1. The van der Waals surface area contributed by atoms with E-state index in [-0.39, 0.29) is 0 Å². The second-order valence-electron chi connectivity index (χ2n) is 5.58. The van der Waals surface area contributed by atoms with Gasteiger partial charge in [-0.05, 0) is 38.5 Å². The van der Waals surface area contributed by atoms with E-state index < -0.39 is 0 Å². The first kappa shape index (κ1) is 11.9. The molecule has 0 bridgehead atoms. The fraction of sp³-hybridized carbons (Fsp3) is 0.714. The molecular formula is C14H22N4. The predicted molar refractivity (Wildman–Crippen MR) is 72.4 cm³/mol. The van der Waals surface area contributed by atoms with E-state index in [9.17, 15) is 0 Å². The SMILES string of the molecule is Cc1nc(N2CCCC3CCCC32)ncc1CN. The summed E-state index contributed by atoms with van der Waals surface area (Å²) in [5.41, 5.74) is 7.76. The predicted octanol–water partition coefficient (Wildman–Crippen LogP) is 2.01. The molecule has 4 heteroatoms. The van der Waals surface area contributed by atoms with Gasteiger partial charge in [0.2, 0.25) is 5.95 Å². The number of rotatable bonds is 2. The fourth-order valence-corrected chi connectivity index (χ4v) is 3.52. The van der Waals surface area contributed by atoms with Crippen LogP contribution in [0.4, 0.5) is 5.95 Å². The van der Waals surface area contributed by atoms with Crippen molar-refractivity contribution < 1.29 is 0 Å². The molecule has 3 rings (SSSR count). The van der Waals surface area contributed by atoms with Crippen LogP contribution in [0, 0.1) is 12.8 Å². The number of anilines is 1. The molecule has 2 unspecified atom stereocenters. The molecule has 0 radical (unpaired) electrons. The summed E-state index contributed by atoms with van der Waals surface area (Å²) in [7, 11) is 0. The normalized spacial score (nSPS) is 27.3. The van der Waals surface area contributed by atoms with Crippen LogP contribution in [0.3, 0.4) is 0 Å². The number of nitrogens with two attached hydrogens (primary N) is 1. The van der Waals surface area contributed by atoms with Gasteiger partial charge in [0, 0.05) is 36.6 Å². The maximum absolute atomic E-state index is 5.67. The number of fused-ring (bicyclic) bond motifs is 1. The molecule has 98 valence electrons. The third kappa shape index (κ3) is 1.99. The third-order valence-electron chi connectivity index (χ3n) is 4.54. The second kappa shape index (κ2) is 4.84. The summed E-state index contributed by atoms with van der Waals surface area (Å²) in [4.78, 5) is 11.6. The van der Waals surface area contributed by atoms with E-state index in [1.807, 2.05) is 13.1 Å². The van der Waals surface area contributed by atoms with Crippen molar-refractivity contribution in [2.45, 2.75) is 51.6 Å². The van der Waals surface area contributed by atoms with Crippen molar-refractivity contribution >= 4 is 5.95 Å². The zero-order valence-corrected chi connectivity index (χ0v) is 11.1. The zero-order valence-electron chi connectivity index (χ0n) is 11.1. The first-order chi connectivity index (χ1) is 8.79. The Bertz CT molecular complexity index is 432. The molecule has 1 saturated heterocycles. The Balaban J connectivity index is 1.87. The van der Waals surface area contributed by atoms with Crippen LogP contribution in [-0.4, -0.2) is 22.6 Å². The molecule has 1 saturated carbocycles. The molecule has 1 aliphatic carbocycles. The smallest absolute Gasteiger partial charge is 0.225 e. The standard InChI is InChI=1S/C14H22N4/c1-10-12(8-15)9-16-14(17-10)18-7-3-5-11-4-2-6-13(11)18/h9,11,13H,2-8,15H2,1H3. The van der Waals surface area contributed by atoms with Gasteiger partial charge in [-0.1, -0.05) is 6.42 Å². The lowest BCUT2D eigenvalue weighted by atomic mass is 9.92. The highest BCUT2D eigenvalue weighted by molar-refractivity contribution is 5.36. The summed E-state index contributed by atoms with van der Waals surface area (Å²) >= 11 is 0. The van der Waals surface area contributed by atoms with Gasteiger partial charge in [0.15, 0.2) is 0 Å². The molecule has 1 aliphatic heterocycles. The minimum Gasteiger partial charge on any atom is -0.338 e. The average molecular weight is 246 g/mol. The Hall–Kier alpha value is -1.16. The molecule has 0 spiro atoms. The lowest BCUT2D eigenvalue weighted by molar-refractivity contribution is 0.358. The van der Waals surface area contributed by atoms with Crippen molar-refractivity contribution in [3.63, 3.8) is 0 Å². The highest BCUT2D eigenvalue weighted by Crippen LogP contribution is 2.38. The van der Waals surface area contributed by atoms with Crippen LogP contribution < -0.4 is 10.6 Å². The lowest BCUT2D eigenvalue weighted by Gasteiger charge is -2.37. The van der Waals surface area contributed by atoms with Crippen LogP contribution in [0.15, 0.2) is 6.20 Å². The minimum absolute atomic E-state index is 0.526. The Morgan fingerprint density at radius 1 is 1.33 bits per heavy atom. The minimum atomic E-state index is 0.526. The van der Waals surface area contributed by atoms with E-state index in [4.69, 9.17) is 5.73 Å². The summed E-state index contributed by atoms with van der Waals surface area (Å²) in [5, 5.41) is 0. The zero-order chi connectivity index (χ0) is 12.5. The van der Waals surface area contributed by atoms with Crippen molar-refractivity contribution in [1.82, 2.24) is 9.97 Å². The number of hydrogen-bond acceptors (Lipinski definition) is 4. The summed E-state index contributed by atoms with van der Waals surface area (Å²) in [6.07, 6.45) is 8.64. The van der Waals surface area contributed by atoms with Gasteiger partial charge in [-0.25, -0.2) is 9.97 Å². The quantitative estimate of drug-likeness (QED) is 0.867. The van der Waals surface area contributed by atoms with Gasteiger partial charge >= 0.3 is 0 Å². The van der Waals surface area contributed by atoms with Gasteiger partial charge in [-0.15, -0.1) is 0 Å². The van der Waals surface area contributed by atoms with E-state index in [2.05, 4.69) is 14.9 Å². The number of nitrogens with zero attached hydrogens (tertiary/aromatic N) is 3. The molecule has 1 aromatic heterocycles. The molecule has 18 heavy (non-hydrogen) atoms. The summed E-state index contributed by atoms with van der Waals surface area (Å²) in [6.45, 7) is 3.67. The van der Waals surface area contributed by atoms with Crippen LogP contribution in [0.25, 0.3) is 0 Å². The molecule has 2 heterocycles. The van der Waals surface area contributed by atoms with Crippen LogP contribution in [0.1, 0.15) is 43.4 Å². The van der Waals surface area contributed by atoms with E-state index in [1.54, 1.807) is 0 Å². The summed E-state index contributed by atoms with van der Waals surface area (Å²) in [5.74, 6) is 1.79. The first-order valence-corrected chi connectivity index (χ1v) is 7.09. The van der Waals surface area contributed by atoms with Crippen LogP contribution in [0.5, 0.6) is 0 Å². The van der Waals surface area contributed by atoms with Crippen molar-refractivity contribution in [2.75, 3.05) is 11.4 Å². The summed E-state index contributed by atoms with van der Waals surface area (Å²) < 4.78 is 0. The molecular weight excluding hydrogens is 224 g/mol. The van der Waals surface area contributed by atoms with E-state index >= 15 is 0 Å². The molecule has 4 nitrogen and oxygen atoms in total. The van der Waals surface area contributed by atoms with Gasteiger partial charge < -0.3 is 10.6 Å². The number of aromatic nitrogens is 2. The number of piperidine rings is 1. The van der Waals surface area contributed by atoms with Crippen LogP contribution in [-0.2, 0) is 6.54 Å². The largest absolute Gasteiger partial charge is 0.338 e. The molecule has 0 amide bonds. The Labute approximate surface area is 109 Å². The van der Waals surface area contributed by atoms with Crippen LogP contribution in [0.2, 0.25) is 0 Å². The molecule has 2 fully saturated rings. The maximum Gasteiger partial charge on any atom is 0.225 e. The Morgan fingerprint density at radius 2 is 2.17 bits per heavy atom. The van der Waals surface area contributed by atoms with Crippen molar-refractivity contribution in [3.05, 3.63) is 17.5 Å². The van der Waals surface area contributed by atoms with Crippen molar-refractivity contribution in [3.8, 4) is 0 Å². The van der Waals surface area contributed by atoms with Gasteiger partial charge in [-0.2, -0.15) is 0 Å².